The van der Waals surface area contributed by atoms with E-state index >= 15 is 0 Å². The van der Waals surface area contributed by atoms with Gasteiger partial charge in [0.15, 0.2) is 0 Å². The van der Waals surface area contributed by atoms with Crippen LogP contribution in [-0.4, -0.2) is 4.98 Å². The van der Waals surface area contributed by atoms with Crippen molar-refractivity contribution in [3.63, 3.8) is 0 Å². The maximum absolute atomic E-state index is 8.89. The van der Waals surface area contributed by atoms with Crippen molar-refractivity contribution in [3.8, 4) is 17.2 Å². The van der Waals surface area contributed by atoms with E-state index in [9.17, 15) is 0 Å². The second-order valence-electron chi connectivity index (χ2n) is 5.66. The van der Waals surface area contributed by atoms with Gasteiger partial charge in [-0.1, -0.05) is 60.7 Å². The monoisotopic (exact) mass is 338 g/mol. The summed E-state index contributed by atoms with van der Waals surface area (Å²) >= 11 is 1.66. The molecule has 0 saturated heterocycles. The lowest BCUT2D eigenvalue weighted by Gasteiger charge is -2.07. The molecule has 0 spiro atoms. The van der Waals surface area contributed by atoms with Crippen LogP contribution in [-0.2, 0) is 0 Å². The number of nitriles is 1. The predicted molar refractivity (Wildman–Crippen MR) is 105 cm³/mol. The highest BCUT2D eigenvalue weighted by atomic mass is 32.1. The van der Waals surface area contributed by atoms with Crippen molar-refractivity contribution in [3.05, 3.63) is 88.9 Å². The summed E-state index contributed by atoms with van der Waals surface area (Å²) in [5.74, 6) is 0. The lowest BCUT2D eigenvalue weighted by atomic mass is 9.98. The van der Waals surface area contributed by atoms with E-state index in [-0.39, 0.29) is 0 Å². The average molecular weight is 338 g/mol. The highest BCUT2D eigenvalue weighted by molar-refractivity contribution is 7.16. The number of thiazole rings is 1. The van der Waals surface area contributed by atoms with E-state index in [0.717, 1.165) is 22.2 Å². The maximum Gasteiger partial charge on any atom is 0.0991 e. The Morgan fingerprint density at radius 1 is 0.840 bits per heavy atom. The Morgan fingerprint density at radius 3 is 2.48 bits per heavy atom. The third-order valence-electron chi connectivity index (χ3n) is 4.11. The first-order valence-electron chi connectivity index (χ1n) is 7.95. The Labute approximate surface area is 150 Å². The molecule has 0 amide bonds. The van der Waals surface area contributed by atoms with Crippen LogP contribution in [0, 0.1) is 11.3 Å². The average Bonchev–Trinajstić information content (AvgIpc) is 3.16. The molecule has 0 unspecified atom stereocenters. The third-order valence-corrected chi connectivity index (χ3v) is 4.90. The first-order valence-corrected chi connectivity index (χ1v) is 8.83. The van der Waals surface area contributed by atoms with Gasteiger partial charge in [0.1, 0.15) is 0 Å². The van der Waals surface area contributed by atoms with E-state index in [1.165, 1.54) is 10.3 Å². The van der Waals surface area contributed by atoms with Crippen molar-refractivity contribution in [2.24, 2.45) is 0 Å². The topological polar surface area (TPSA) is 36.7 Å². The van der Waals surface area contributed by atoms with Crippen LogP contribution in [0.1, 0.15) is 16.7 Å². The van der Waals surface area contributed by atoms with Gasteiger partial charge in [-0.3, -0.25) is 0 Å². The summed E-state index contributed by atoms with van der Waals surface area (Å²) in [5.41, 5.74) is 8.15. The molecule has 4 aromatic rings. The summed E-state index contributed by atoms with van der Waals surface area (Å²) in [5, 5.41) is 8.89. The Morgan fingerprint density at radius 2 is 1.64 bits per heavy atom. The molecule has 3 aromatic carbocycles. The van der Waals surface area contributed by atoms with Gasteiger partial charge in [0.05, 0.1) is 27.4 Å². The lowest BCUT2D eigenvalue weighted by Crippen LogP contribution is -1.85. The normalized spacial score (nSPS) is 11.0. The highest BCUT2D eigenvalue weighted by Gasteiger charge is 2.08. The molecule has 0 aliphatic rings. The Kier molecular flexibility index (Phi) is 4.12. The second kappa shape index (κ2) is 6.72. The van der Waals surface area contributed by atoms with E-state index in [0.29, 0.717) is 5.56 Å². The number of nitrogens with zero attached hydrogens (tertiary/aromatic N) is 2. The molecule has 3 heteroatoms. The van der Waals surface area contributed by atoms with Gasteiger partial charge in [-0.25, -0.2) is 4.98 Å². The van der Waals surface area contributed by atoms with Gasteiger partial charge >= 0.3 is 0 Å². The molecule has 25 heavy (non-hydrogen) atoms. The lowest BCUT2D eigenvalue weighted by molar-refractivity contribution is 1.48. The van der Waals surface area contributed by atoms with Gasteiger partial charge in [-0.15, -0.1) is 11.3 Å². The Bertz CT molecular complexity index is 1100. The summed E-state index contributed by atoms with van der Waals surface area (Å²) < 4.78 is 1.20. The number of fused-ring (bicyclic) bond motifs is 1. The Balaban J connectivity index is 1.75. The summed E-state index contributed by atoms with van der Waals surface area (Å²) in [7, 11) is 0. The first-order chi connectivity index (χ1) is 12.3. The van der Waals surface area contributed by atoms with Crippen molar-refractivity contribution >= 4 is 33.7 Å². The van der Waals surface area contributed by atoms with Crippen LogP contribution >= 0.6 is 11.3 Å². The van der Waals surface area contributed by atoms with Crippen LogP contribution in [0.25, 0.3) is 33.5 Å². The van der Waals surface area contributed by atoms with Gasteiger partial charge in [0.25, 0.3) is 0 Å². The fraction of sp³-hybridized carbons (Fsp3) is 0. The van der Waals surface area contributed by atoms with Crippen LogP contribution in [0.3, 0.4) is 0 Å². The Hall–Kier alpha value is -3.22. The van der Waals surface area contributed by atoms with Crippen molar-refractivity contribution in [1.29, 1.82) is 5.26 Å². The molecule has 2 nitrogen and oxygen atoms in total. The number of hydrogen-bond acceptors (Lipinski definition) is 3. The van der Waals surface area contributed by atoms with Gasteiger partial charge in [-0.05, 0) is 34.9 Å². The zero-order chi connectivity index (χ0) is 17.1. The van der Waals surface area contributed by atoms with Gasteiger partial charge in [0, 0.05) is 5.56 Å². The van der Waals surface area contributed by atoms with Crippen LogP contribution in [0.15, 0.2) is 72.2 Å². The van der Waals surface area contributed by atoms with E-state index in [1.807, 2.05) is 35.8 Å². The van der Waals surface area contributed by atoms with Crippen molar-refractivity contribution in [2.45, 2.75) is 0 Å². The van der Waals surface area contributed by atoms with Crippen molar-refractivity contribution < 1.29 is 0 Å². The minimum absolute atomic E-state index is 0.674. The van der Waals surface area contributed by atoms with Crippen LogP contribution in [0.5, 0.6) is 0 Å². The van der Waals surface area contributed by atoms with Gasteiger partial charge < -0.3 is 0 Å². The number of hydrogen-bond donors (Lipinski definition) is 0. The molecule has 1 heterocycles. The molecule has 1 aromatic heterocycles. The molecule has 0 atom stereocenters. The van der Waals surface area contributed by atoms with Gasteiger partial charge in [0.2, 0.25) is 0 Å². The first kappa shape index (κ1) is 15.3. The molecule has 0 aliphatic carbocycles. The van der Waals surface area contributed by atoms with E-state index in [2.05, 4.69) is 59.6 Å². The van der Waals surface area contributed by atoms with Crippen LogP contribution in [0.4, 0.5) is 0 Å². The quantitative estimate of drug-likeness (QED) is 0.429. The number of rotatable bonds is 3. The minimum atomic E-state index is 0.674. The summed E-state index contributed by atoms with van der Waals surface area (Å²) in [4.78, 5) is 4.54. The molecule has 0 radical (unpaired) electrons. The van der Waals surface area contributed by atoms with Crippen LogP contribution in [0.2, 0.25) is 0 Å². The van der Waals surface area contributed by atoms with Crippen molar-refractivity contribution in [1.82, 2.24) is 4.98 Å². The molecule has 118 valence electrons. The third kappa shape index (κ3) is 3.08. The fourth-order valence-corrected chi connectivity index (χ4v) is 3.55. The zero-order valence-electron chi connectivity index (χ0n) is 13.4. The number of aromatic nitrogens is 1. The zero-order valence-corrected chi connectivity index (χ0v) is 14.2. The molecular formula is C22H14N2S. The highest BCUT2D eigenvalue weighted by Crippen LogP contribution is 2.32. The summed E-state index contributed by atoms with van der Waals surface area (Å²) in [6.45, 7) is 0. The largest absolute Gasteiger partial charge is 0.244 e. The minimum Gasteiger partial charge on any atom is -0.244 e. The van der Waals surface area contributed by atoms with E-state index in [1.54, 1.807) is 11.3 Å². The van der Waals surface area contributed by atoms with Crippen molar-refractivity contribution in [2.75, 3.05) is 0 Å². The smallest absolute Gasteiger partial charge is 0.0991 e. The fourth-order valence-electron chi connectivity index (χ4n) is 2.85. The number of benzene rings is 3. The SMILES string of the molecule is N#Cc1ccc(C=Cc2ccccc2-c2cccc3scnc23)cc1. The summed E-state index contributed by atoms with van der Waals surface area (Å²) in [6, 6.07) is 24.4. The molecule has 0 N–H and O–H groups in total. The molecule has 0 fully saturated rings. The molecule has 0 bridgehead atoms. The molecule has 0 saturated carbocycles. The molecule has 0 aliphatic heterocycles. The van der Waals surface area contributed by atoms with E-state index < -0.39 is 0 Å². The molecule has 4 rings (SSSR count). The van der Waals surface area contributed by atoms with Gasteiger partial charge in [-0.2, -0.15) is 5.26 Å². The maximum atomic E-state index is 8.89. The second-order valence-corrected chi connectivity index (χ2v) is 6.55. The standard InChI is InChI=1S/C22H14N2S/c23-14-17-10-8-16(9-11-17)12-13-18-4-1-2-5-19(18)20-6-3-7-21-22(20)24-15-25-21/h1-13,15H. The van der Waals surface area contributed by atoms with E-state index in [4.69, 9.17) is 5.26 Å². The predicted octanol–water partition coefficient (Wildman–Crippen LogP) is 6.01. The van der Waals surface area contributed by atoms with Crippen LogP contribution < -0.4 is 0 Å². The summed E-state index contributed by atoms with van der Waals surface area (Å²) in [6.07, 6.45) is 4.18. The molecular weight excluding hydrogens is 324 g/mol. The number of para-hydroxylation sites is 1.